The van der Waals surface area contributed by atoms with Crippen LogP contribution in [0.3, 0.4) is 0 Å². The predicted octanol–water partition coefficient (Wildman–Crippen LogP) is 5.05. The molecule has 0 bridgehead atoms. The maximum absolute atomic E-state index is 6.13. The Kier molecular flexibility index (Phi) is 5.73. The van der Waals surface area contributed by atoms with Gasteiger partial charge in [-0.15, -0.1) is 0 Å². The van der Waals surface area contributed by atoms with Crippen molar-refractivity contribution in [1.82, 2.24) is 5.32 Å². The third-order valence-corrected chi connectivity index (χ3v) is 4.23. The average molecular weight is 375 g/mol. The Morgan fingerprint density at radius 1 is 1.10 bits per heavy atom. The Labute approximate surface area is 137 Å². The minimum Gasteiger partial charge on any atom is -0.487 e. The maximum atomic E-state index is 6.13. The Balaban J connectivity index is 2.08. The summed E-state index contributed by atoms with van der Waals surface area (Å²) in [6, 6.07) is 11.7. The zero-order valence-corrected chi connectivity index (χ0v) is 14.0. The van der Waals surface area contributed by atoms with Crippen molar-refractivity contribution in [3.8, 4) is 5.75 Å². The lowest BCUT2D eigenvalue weighted by Gasteiger charge is -2.10. The first kappa shape index (κ1) is 15.6. The summed E-state index contributed by atoms with van der Waals surface area (Å²) in [6.45, 7) is 1.29. The molecule has 0 saturated carbocycles. The highest BCUT2D eigenvalue weighted by atomic mass is 79.9. The van der Waals surface area contributed by atoms with Crippen molar-refractivity contribution >= 4 is 39.1 Å². The molecule has 2 aromatic rings. The number of ether oxygens (including phenoxy) is 1. The molecule has 0 aromatic heterocycles. The minimum absolute atomic E-state index is 0.454. The zero-order valence-electron chi connectivity index (χ0n) is 10.9. The molecule has 0 aliphatic rings. The van der Waals surface area contributed by atoms with E-state index >= 15 is 0 Å². The molecule has 20 heavy (non-hydrogen) atoms. The molecule has 0 fully saturated rings. The van der Waals surface area contributed by atoms with Crippen molar-refractivity contribution in [2.45, 2.75) is 13.2 Å². The Bertz CT molecular complexity index is 604. The molecule has 5 heteroatoms. The average Bonchev–Trinajstić information content (AvgIpc) is 2.42. The summed E-state index contributed by atoms with van der Waals surface area (Å²) in [5.74, 6) is 0.582. The number of rotatable bonds is 5. The summed E-state index contributed by atoms with van der Waals surface area (Å²) < 4.78 is 6.49. The van der Waals surface area contributed by atoms with E-state index in [1.54, 1.807) is 12.1 Å². The van der Waals surface area contributed by atoms with Gasteiger partial charge in [0, 0.05) is 17.1 Å². The van der Waals surface area contributed by atoms with Gasteiger partial charge in [-0.1, -0.05) is 47.5 Å². The van der Waals surface area contributed by atoms with Gasteiger partial charge in [0.1, 0.15) is 12.4 Å². The molecule has 0 heterocycles. The summed E-state index contributed by atoms with van der Waals surface area (Å²) in [7, 11) is 1.92. The van der Waals surface area contributed by atoms with Crippen LogP contribution in [0.1, 0.15) is 11.1 Å². The van der Waals surface area contributed by atoms with E-state index in [0.717, 1.165) is 16.6 Å². The van der Waals surface area contributed by atoms with Crippen LogP contribution >= 0.6 is 39.1 Å². The van der Waals surface area contributed by atoms with E-state index < -0.39 is 0 Å². The van der Waals surface area contributed by atoms with E-state index in [9.17, 15) is 0 Å². The lowest BCUT2D eigenvalue weighted by atomic mass is 10.1. The molecule has 1 N–H and O–H groups in total. The van der Waals surface area contributed by atoms with Crippen molar-refractivity contribution in [3.05, 3.63) is 62.0 Å². The summed E-state index contributed by atoms with van der Waals surface area (Å²) in [5, 5.41) is 4.24. The van der Waals surface area contributed by atoms with Crippen LogP contribution in [0.25, 0.3) is 0 Å². The van der Waals surface area contributed by atoms with Crippen LogP contribution in [0.5, 0.6) is 5.75 Å². The molecular weight excluding hydrogens is 361 g/mol. The van der Waals surface area contributed by atoms with E-state index in [-0.39, 0.29) is 0 Å². The molecule has 106 valence electrons. The second kappa shape index (κ2) is 7.32. The molecule has 0 aliphatic heterocycles. The second-order valence-corrected chi connectivity index (χ2v) is 6.00. The quantitative estimate of drug-likeness (QED) is 0.739. The smallest absolute Gasteiger partial charge is 0.139 e. The van der Waals surface area contributed by atoms with Gasteiger partial charge < -0.3 is 10.1 Å². The summed E-state index contributed by atoms with van der Waals surface area (Å²) in [6.07, 6.45) is 0. The highest BCUT2D eigenvalue weighted by molar-refractivity contribution is 9.10. The van der Waals surface area contributed by atoms with E-state index in [4.69, 9.17) is 27.9 Å². The molecule has 0 atom stereocenters. The van der Waals surface area contributed by atoms with Crippen molar-refractivity contribution < 1.29 is 4.74 Å². The first-order valence-electron chi connectivity index (χ1n) is 6.10. The largest absolute Gasteiger partial charge is 0.487 e. The van der Waals surface area contributed by atoms with Gasteiger partial charge in [0.25, 0.3) is 0 Å². The highest BCUT2D eigenvalue weighted by Crippen LogP contribution is 2.34. The standard InChI is InChI=1S/C15H14BrCl2NO/c1-19-8-10-3-2-4-11(5-10)9-20-15-7-13(17)12(16)6-14(15)18/h2-7,19H,8-9H2,1H3. The Morgan fingerprint density at radius 3 is 2.60 bits per heavy atom. The topological polar surface area (TPSA) is 21.3 Å². The van der Waals surface area contributed by atoms with Crippen molar-refractivity contribution in [3.63, 3.8) is 0 Å². The molecule has 0 amide bonds. The zero-order chi connectivity index (χ0) is 14.5. The normalized spacial score (nSPS) is 10.6. The van der Waals surface area contributed by atoms with Crippen LogP contribution in [-0.4, -0.2) is 7.05 Å². The maximum Gasteiger partial charge on any atom is 0.139 e. The number of benzene rings is 2. The fourth-order valence-corrected chi connectivity index (χ4v) is 2.66. The second-order valence-electron chi connectivity index (χ2n) is 4.34. The number of hydrogen-bond acceptors (Lipinski definition) is 2. The van der Waals surface area contributed by atoms with Crippen LogP contribution in [0, 0.1) is 0 Å². The van der Waals surface area contributed by atoms with Crippen molar-refractivity contribution in [1.29, 1.82) is 0 Å². The molecule has 2 rings (SSSR count). The Morgan fingerprint density at radius 2 is 1.85 bits per heavy atom. The number of halogens is 3. The molecule has 2 aromatic carbocycles. The van der Waals surface area contributed by atoms with Gasteiger partial charge in [-0.05, 0) is 40.2 Å². The molecule has 0 unspecified atom stereocenters. The van der Waals surface area contributed by atoms with Crippen LogP contribution in [0.4, 0.5) is 0 Å². The minimum atomic E-state index is 0.454. The van der Waals surface area contributed by atoms with Crippen molar-refractivity contribution in [2.75, 3.05) is 7.05 Å². The van der Waals surface area contributed by atoms with Gasteiger partial charge in [0.15, 0.2) is 0 Å². The fraction of sp³-hybridized carbons (Fsp3) is 0.200. The molecule has 0 aliphatic carbocycles. The summed E-state index contributed by atoms with van der Waals surface area (Å²) in [5.41, 5.74) is 2.31. The van der Waals surface area contributed by atoms with Gasteiger partial charge in [-0.3, -0.25) is 0 Å². The van der Waals surface area contributed by atoms with Crippen molar-refractivity contribution in [2.24, 2.45) is 0 Å². The lowest BCUT2D eigenvalue weighted by molar-refractivity contribution is 0.306. The number of hydrogen-bond donors (Lipinski definition) is 1. The molecule has 0 radical (unpaired) electrons. The van der Waals surface area contributed by atoms with Gasteiger partial charge in [-0.25, -0.2) is 0 Å². The predicted molar refractivity (Wildman–Crippen MR) is 87.7 cm³/mol. The molecule has 2 nitrogen and oxygen atoms in total. The molecule has 0 saturated heterocycles. The van der Waals surface area contributed by atoms with Gasteiger partial charge in [-0.2, -0.15) is 0 Å². The van der Waals surface area contributed by atoms with E-state index in [2.05, 4.69) is 33.4 Å². The third-order valence-electron chi connectivity index (χ3n) is 2.74. The van der Waals surface area contributed by atoms with Crippen LogP contribution < -0.4 is 10.1 Å². The monoisotopic (exact) mass is 373 g/mol. The SMILES string of the molecule is CNCc1cccc(COc2cc(Cl)c(Br)cc2Cl)c1. The number of nitrogens with one attached hydrogen (secondary N) is 1. The Hall–Kier alpha value is -0.740. The molecule has 0 spiro atoms. The van der Waals surface area contributed by atoms with Crippen LogP contribution in [0.15, 0.2) is 40.9 Å². The summed E-state index contributed by atoms with van der Waals surface area (Å²) in [4.78, 5) is 0. The first-order valence-corrected chi connectivity index (χ1v) is 7.65. The van der Waals surface area contributed by atoms with E-state index in [1.165, 1.54) is 5.56 Å². The van der Waals surface area contributed by atoms with Crippen LogP contribution in [0.2, 0.25) is 10.0 Å². The van der Waals surface area contributed by atoms with Gasteiger partial charge in [0.2, 0.25) is 0 Å². The highest BCUT2D eigenvalue weighted by Gasteiger charge is 2.07. The summed E-state index contributed by atoms with van der Waals surface area (Å²) >= 11 is 15.5. The van der Waals surface area contributed by atoms with Crippen LogP contribution in [-0.2, 0) is 13.2 Å². The van der Waals surface area contributed by atoms with E-state index in [1.807, 2.05) is 19.2 Å². The fourth-order valence-electron chi connectivity index (χ4n) is 1.81. The lowest BCUT2D eigenvalue weighted by Crippen LogP contribution is -2.05. The van der Waals surface area contributed by atoms with E-state index in [0.29, 0.717) is 22.4 Å². The van der Waals surface area contributed by atoms with Gasteiger partial charge in [0.05, 0.1) is 10.0 Å². The first-order chi connectivity index (χ1) is 9.60. The third kappa shape index (κ3) is 4.13. The van der Waals surface area contributed by atoms with Gasteiger partial charge >= 0.3 is 0 Å². The molecular formula is C15H14BrCl2NO.